The van der Waals surface area contributed by atoms with Gasteiger partial charge in [-0.2, -0.15) is 0 Å². The third kappa shape index (κ3) is 2.59. The van der Waals surface area contributed by atoms with Crippen LogP contribution in [0.2, 0.25) is 0 Å². The smallest absolute Gasteiger partial charge is 0.223 e. The molecule has 1 aliphatic carbocycles. The fraction of sp³-hybridized carbons (Fsp3) is 0.588. The highest BCUT2D eigenvalue weighted by Crippen LogP contribution is 2.41. The average Bonchev–Trinajstić information content (AvgIpc) is 3.28. The molecule has 0 bridgehead atoms. The maximum atomic E-state index is 12.3. The van der Waals surface area contributed by atoms with Gasteiger partial charge in [0.15, 0.2) is 0 Å². The first kappa shape index (κ1) is 13.6. The van der Waals surface area contributed by atoms with Crippen molar-refractivity contribution in [2.24, 2.45) is 5.73 Å². The lowest BCUT2D eigenvalue weighted by Gasteiger charge is -2.33. The quantitative estimate of drug-likeness (QED) is 0.919. The number of hydrogen-bond donors (Lipinski definition) is 1. The van der Waals surface area contributed by atoms with Crippen LogP contribution in [-0.4, -0.2) is 23.4 Å². The number of carbonyl (C=O) groups is 1. The average molecular weight is 272 g/mol. The van der Waals surface area contributed by atoms with E-state index >= 15 is 0 Å². The first-order valence-corrected chi connectivity index (χ1v) is 7.85. The highest BCUT2D eigenvalue weighted by molar-refractivity contribution is 5.77. The summed E-state index contributed by atoms with van der Waals surface area (Å²) in [5, 5.41) is 0. The van der Waals surface area contributed by atoms with Crippen LogP contribution in [-0.2, 0) is 4.79 Å². The molecule has 1 saturated heterocycles. The number of likely N-dealkylation sites (N-methyl/N-ethyl adjacent to an activating group) is 1. The van der Waals surface area contributed by atoms with Crippen molar-refractivity contribution in [2.45, 2.75) is 57.0 Å². The van der Waals surface area contributed by atoms with Crippen LogP contribution in [0.1, 0.15) is 62.1 Å². The Hall–Kier alpha value is -1.35. The van der Waals surface area contributed by atoms with Crippen LogP contribution >= 0.6 is 0 Å². The topological polar surface area (TPSA) is 46.3 Å². The molecule has 0 spiro atoms. The van der Waals surface area contributed by atoms with Crippen LogP contribution < -0.4 is 5.73 Å². The van der Waals surface area contributed by atoms with Crippen molar-refractivity contribution in [1.29, 1.82) is 0 Å². The van der Waals surface area contributed by atoms with Crippen molar-refractivity contribution in [1.82, 2.24) is 4.90 Å². The number of nitrogens with two attached hydrogens (primary N) is 1. The van der Waals surface area contributed by atoms with Crippen LogP contribution in [0, 0.1) is 0 Å². The second-order valence-corrected chi connectivity index (χ2v) is 6.13. The fourth-order valence-corrected chi connectivity index (χ4v) is 3.39. The van der Waals surface area contributed by atoms with Gasteiger partial charge in [-0.05, 0) is 49.7 Å². The van der Waals surface area contributed by atoms with Crippen LogP contribution in [0.4, 0.5) is 0 Å². The Morgan fingerprint density at radius 1 is 1.25 bits per heavy atom. The van der Waals surface area contributed by atoms with E-state index in [1.807, 2.05) is 11.8 Å². The van der Waals surface area contributed by atoms with Gasteiger partial charge in [0.1, 0.15) is 0 Å². The molecule has 2 aliphatic rings. The molecule has 3 rings (SSSR count). The summed E-state index contributed by atoms with van der Waals surface area (Å²) in [4.78, 5) is 14.3. The van der Waals surface area contributed by atoms with Gasteiger partial charge in [-0.1, -0.05) is 24.3 Å². The molecule has 1 amide bonds. The zero-order chi connectivity index (χ0) is 14.1. The summed E-state index contributed by atoms with van der Waals surface area (Å²) in [7, 11) is 0. The van der Waals surface area contributed by atoms with Crippen LogP contribution in [0.15, 0.2) is 24.3 Å². The molecule has 0 radical (unpaired) electrons. The van der Waals surface area contributed by atoms with Gasteiger partial charge in [0.05, 0.1) is 6.04 Å². The Morgan fingerprint density at radius 3 is 2.70 bits per heavy atom. The van der Waals surface area contributed by atoms with Gasteiger partial charge in [0.2, 0.25) is 5.91 Å². The molecule has 2 N–H and O–H groups in total. The molecule has 2 unspecified atom stereocenters. The van der Waals surface area contributed by atoms with E-state index in [1.54, 1.807) is 0 Å². The number of nitrogens with zero attached hydrogens (tertiary/aromatic N) is 1. The zero-order valence-electron chi connectivity index (χ0n) is 12.2. The molecule has 1 saturated carbocycles. The predicted octanol–water partition coefficient (Wildman–Crippen LogP) is 2.96. The third-order valence-electron chi connectivity index (χ3n) is 4.63. The first-order valence-electron chi connectivity index (χ1n) is 7.85. The molecule has 2 atom stereocenters. The van der Waals surface area contributed by atoms with Crippen molar-refractivity contribution < 1.29 is 4.79 Å². The van der Waals surface area contributed by atoms with Crippen molar-refractivity contribution in [2.75, 3.05) is 6.54 Å². The number of likely N-dealkylation sites (tertiary alicyclic amines) is 1. The van der Waals surface area contributed by atoms with Crippen LogP contribution in [0.5, 0.6) is 0 Å². The molecule has 20 heavy (non-hydrogen) atoms. The molecule has 108 valence electrons. The molecule has 3 heteroatoms. The van der Waals surface area contributed by atoms with Gasteiger partial charge in [-0.3, -0.25) is 4.79 Å². The van der Waals surface area contributed by atoms with E-state index in [4.69, 9.17) is 5.73 Å². The van der Waals surface area contributed by atoms with Gasteiger partial charge in [0, 0.05) is 19.0 Å². The molecule has 0 aromatic heterocycles. The van der Waals surface area contributed by atoms with Crippen molar-refractivity contribution >= 4 is 5.91 Å². The van der Waals surface area contributed by atoms with Crippen molar-refractivity contribution in [3.05, 3.63) is 35.4 Å². The Labute approximate surface area is 121 Å². The second kappa shape index (κ2) is 5.57. The van der Waals surface area contributed by atoms with Crippen LogP contribution in [0.25, 0.3) is 0 Å². The maximum absolute atomic E-state index is 12.3. The summed E-state index contributed by atoms with van der Waals surface area (Å²) in [5.74, 6) is 0.991. The summed E-state index contributed by atoms with van der Waals surface area (Å²) in [5.41, 5.74) is 9.03. The van der Waals surface area contributed by atoms with Gasteiger partial charge in [0.25, 0.3) is 0 Å². The number of benzene rings is 1. The van der Waals surface area contributed by atoms with Crippen molar-refractivity contribution in [3.63, 3.8) is 0 Å². The minimum Gasteiger partial charge on any atom is -0.334 e. The Bertz CT molecular complexity index is 496. The van der Waals surface area contributed by atoms with Gasteiger partial charge >= 0.3 is 0 Å². The highest BCUT2D eigenvalue weighted by Gasteiger charge is 2.32. The largest absolute Gasteiger partial charge is 0.334 e. The minimum absolute atomic E-state index is 0.0497. The first-order chi connectivity index (χ1) is 9.70. The predicted molar refractivity (Wildman–Crippen MR) is 80.4 cm³/mol. The standard InChI is InChI=1S/C17H24N2O/c1-2-19-16(20)8-4-7-15(18)17(19)14-6-3-5-13(11-14)12-9-10-12/h3,5-6,11-12,15,17H,2,4,7-10,18H2,1H3. The lowest BCUT2D eigenvalue weighted by Crippen LogP contribution is -2.42. The Balaban J connectivity index is 1.94. The molecule has 1 aromatic carbocycles. The molecular weight excluding hydrogens is 248 g/mol. The number of carbonyl (C=O) groups excluding carboxylic acids is 1. The number of rotatable bonds is 3. The van der Waals surface area contributed by atoms with E-state index < -0.39 is 0 Å². The SMILES string of the molecule is CCN1C(=O)CCCC(N)C1c1cccc(C2CC2)c1. The normalized spacial score (nSPS) is 27.5. The monoisotopic (exact) mass is 272 g/mol. The number of amides is 1. The zero-order valence-corrected chi connectivity index (χ0v) is 12.2. The third-order valence-corrected chi connectivity index (χ3v) is 4.63. The lowest BCUT2D eigenvalue weighted by molar-refractivity contribution is -0.133. The van der Waals surface area contributed by atoms with Gasteiger partial charge in [-0.15, -0.1) is 0 Å². The molecular formula is C17H24N2O. The summed E-state index contributed by atoms with van der Waals surface area (Å²) < 4.78 is 0. The van der Waals surface area contributed by atoms with E-state index in [2.05, 4.69) is 24.3 Å². The molecule has 3 nitrogen and oxygen atoms in total. The fourth-order valence-electron chi connectivity index (χ4n) is 3.39. The second-order valence-electron chi connectivity index (χ2n) is 6.13. The van der Waals surface area contributed by atoms with Crippen molar-refractivity contribution in [3.8, 4) is 0 Å². The Morgan fingerprint density at radius 2 is 2.00 bits per heavy atom. The summed E-state index contributed by atoms with van der Waals surface area (Å²) in [6.45, 7) is 2.79. The van der Waals surface area contributed by atoms with Crippen LogP contribution in [0.3, 0.4) is 0 Å². The van der Waals surface area contributed by atoms with Gasteiger partial charge < -0.3 is 10.6 Å². The highest BCUT2D eigenvalue weighted by atomic mass is 16.2. The lowest BCUT2D eigenvalue weighted by atomic mass is 9.94. The summed E-state index contributed by atoms with van der Waals surface area (Å²) in [6, 6.07) is 8.85. The van der Waals surface area contributed by atoms with E-state index in [-0.39, 0.29) is 18.0 Å². The minimum atomic E-state index is 0.0497. The van der Waals surface area contributed by atoms with E-state index in [0.29, 0.717) is 6.42 Å². The Kier molecular flexibility index (Phi) is 3.79. The molecule has 2 fully saturated rings. The van der Waals surface area contributed by atoms with E-state index in [0.717, 1.165) is 25.3 Å². The van der Waals surface area contributed by atoms with Gasteiger partial charge in [-0.25, -0.2) is 0 Å². The number of hydrogen-bond acceptors (Lipinski definition) is 2. The maximum Gasteiger partial charge on any atom is 0.223 e. The molecule has 1 aliphatic heterocycles. The van der Waals surface area contributed by atoms with E-state index in [1.165, 1.54) is 24.0 Å². The molecule has 1 aromatic rings. The summed E-state index contributed by atoms with van der Waals surface area (Å²) in [6.07, 6.45) is 5.09. The summed E-state index contributed by atoms with van der Waals surface area (Å²) >= 11 is 0. The molecule has 1 heterocycles. The van der Waals surface area contributed by atoms with E-state index in [9.17, 15) is 4.79 Å².